The Morgan fingerprint density at radius 1 is 1.03 bits per heavy atom. The fourth-order valence-corrected chi connectivity index (χ4v) is 2.94. The zero-order chi connectivity index (χ0) is 21.7. The van der Waals surface area contributed by atoms with Gasteiger partial charge in [0.15, 0.2) is 0 Å². The van der Waals surface area contributed by atoms with Crippen LogP contribution in [0.25, 0.3) is 6.08 Å². The first-order chi connectivity index (χ1) is 14.4. The van der Waals surface area contributed by atoms with Gasteiger partial charge in [-0.3, -0.25) is 14.9 Å². The van der Waals surface area contributed by atoms with Crippen molar-refractivity contribution in [2.75, 3.05) is 11.5 Å². The number of nitrogens with zero attached hydrogens (tertiary/aromatic N) is 1. The Morgan fingerprint density at radius 2 is 1.77 bits per heavy atom. The van der Waals surface area contributed by atoms with Crippen LogP contribution in [0.1, 0.15) is 11.1 Å². The average molecular weight is 406 g/mol. The Balaban J connectivity index is 1.97. The van der Waals surface area contributed by atoms with Crippen LogP contribution in [0, 0.1) is 5.82 Å². The third kappa shape index (κ3) is 4.35. The van der Waals surface area contributed by atoms with Gasteiger partial charge in [-0.05, 0) is 60.0 Å². The molecule has 1 N–H and O–H groups in total. The van der Waals surface area contributed by atoms with E-state index in [1.54, 1.807) is 30.4 Å². The number of nitrogens with one attached hydrogen (secondary N) is 1. The molecular weight excluding hydrogens is 387 g/mol. The van der Waals surface area contributed by atoms with Crippen LogP contribution in [0.5, 0.6) is 5.75 Å². The molecular formula is C23H19FN2O4. The molecule has 3 rings (SSSR count). The molecule has 2 aromatic rings. The lowest BCUT2D eigenvalue weighted by atomic mass is 10.0. The standard InChI is InChI=1S/C23H19FN2O4/c1-3-5-16-13-15(6-11-20(16)30-12-4-2)14-19-21(27)25-23(29)26(22(19)28)18-9-7-17(24)8-10-18/h3-4,6-11,13-14H,1-2,5,12H2,(H,25,27,29)/b19-14+. The minimum atomic E-state index is -0.894. The summed E-state index contributed by atoms with van der Waals surface area (Å²) in [5.41, 5.74) is 1.32. The van der Waals surface area contributed by atoms with Crippen molar-refractivity contribution in [3.63, 3.8) is 0 Å². The van der Waals surface area contributed by atoms with E-state index in [9.17, 15) is 18.8 Å². The van der Waals surface area contributed by atoms with Crippen LogP contribution >= 0.6 is 0 Å². The lowest BCUT2D eigenvalue weighted by molar-refractivity contribution is -0.122. The van der Waals surface area contributed by atoms with E-state index in [-0.39, 0.29) is 11.3 Å². The second-order valence-electron chi connectivity index (χ2n) is 6.39. The molecule has 6 nitrogen and oxygen atoms in total. The Hall–Kier alpha value is -4.00. The van der Waals surface area contributed by atoms with Crippen LogP contribution in [0.15, 0.2) is 73.3 Å². The topological polar surface area (TPSA) is 75.7 Å². The molecule has 1 aliphatic heterocycles. The summed E-state index contributed by atoms with van der Waals surface area (Å²) < 4.78 is 18.8. The van der Waals surface area contributed by atoms with Crippen LogP contribution in [0.2, 0.25) is 0 Å². The maximum absolute atomic E-state index is 13.2. The van der Waals surface area contributed by atoms with E-state index in [0.29, 0.717) is 24.3 Å². The average Bonchev–Trinajstić information content (AvgIpc) is 2.72. The molecule has 0 spiro atoms. The molecule has 0 saturated carbocycles. The van der Waals surface area contributed by atoms with Crippen molar-refractivity contribution in [1.82, 2.24) is 5.32 Å². The zero-order valence-electron chi connectivity index (χ0n) is 16.1. The normalized spacial score (nSPS) is 15.2. The Labute approximate surface area is 173 Å². The summed E-state index contributed by atoms with van der Waals surface area (Å²) in [6, 6.07) is 9.11. The molecule has 0 atom stereocenters. The predicted molar refractivity (Wildman–Crippen MR) is 111 cm³/mol. The highest BCUT2D eigenvalue weighted by Gasteiger charge is 2.36. The Kier molecular flexibility index (Phi) is 6.22. The van der Waals surface area contributed by atoms with E-state index >= 15 is 0 Å². The SMILES string of the molecule is C=CCOc1ccc(/C=C2\C(=O)NC(=O)N(c3ccc(F)cc3)C2=O)cc1CC=C. The molecule has 0 unspecified atom stereocenters. The van der Waals surface area contributed by atoms with Gasteiger partial charge in [0, 0.05) is 0 Å². The van der Waals surface area contributed by atoms with Gasteiger partial charge in [0.2, 0.25) is 0 Å². The predicted octanol–water partition coefficient (Wildman–Crippen LogP) is 3.79. The van der Waals surface area contributed by atoms with Gasteiger partial charge in [-0.15, -0.1) is 6.58 Å². The van der Waals surface area contributed by atoms with Gasteiger partial charge in [-0.2, -0.15) is 0 Å². The first-order valence-electron chi connectivity index (χ1n) is 9.09. The number of benzene rings is 2. The fourth-order valence-electron chi connectivity index (χ4n) is 2.94. The minimum absolute atomic E-state index is 0.151. The van der Waals surface area contributed by atoms with E-state index in [1.807, 2.05) is 0 Å². The van der Waals surface area contributed by atoms with Gasteiger partial charge in [0.25, 0.3) is 11.8 Å². The Morgan fingerprint density at radius 3 is 2.43 bits per heavy atom. The molecule has 1 saturated heterocycles. The summed E-state index contributed by atoms with van der Waals surface area (Å²) in [5, 5.41) is 2.14. The van der Waals surface area contributed by atoms with Gasteiger partial charge in [0.05, 0.1) is 5.69 Å². The zero-order valence-corrected chi connectivity index (χ0v) is 16.1. The number of rotatable bonds is 7. The quantitative estimate of drug-likeness (QED) is 0.431. The lowest BCUT2D eigenvalue weighted by Gasteiger charge is -2.26. The van der Waals surface area contributed by atoms with Crippen LogP contribution in [0.3, 0.4) is 0 Å². The number of urea groups is 1. The third-order valence-electron chi connectivity index (χ3n) is 4.30. The molecule has 0 bridgehead atoms. The van der Waals surface area contributed by atoms with Gasteiger partial charge in [-0.1, -0.05) is 24.8 Å². The van der Waals surface area contributed by atoms with Crippen molar-refractivity contribution in [1.29, 1.82) is 0 Å². The summed E-state index contributed by atoms with van der Waals surface area (Å²) in [4.78, 5) is 38.2. The van der Waals surface area contributed by atoms with E-state index in [1.165, 1.54) is 18.2 Å². The number of halogens is 1. The van der Waals surface area contributed by atoms with Crippen molar-refractivity contribution in [2.24, 2.45) is 0 Å². The summed E-state index contributed by atoms with van der Waals surface area (Å²) >= 11 is 0. The molecule has 30 heavy (non-hydrogen) atoms. The number of imide groups is 2. The number of carbonyl (C=O) groups is 3. The number of hydrogen-bond acceptors (Lipinski definition) is 4. The van der Waals surface area contributed by atoms with Crippen LogP contribution in [0.4, 0.5) is 14.9 Å². The molecule has 1 fully saturated rings. The summed E-state index contributed by atoms with van der Waals surface area (Å²) in [7, 11) is 0. The monoisotopic (exact) mass is 406 g/mol. The van der Waals surface area contributed by atoms with Crippen molar-refractivity contribution in [2.45, 2.75) is 6.42 Å². The first kappa shape index (κ1) is 20.7. The maximum atomic E-state index is 13.2. The van der Waals surface area contributed by atoms with Crippen LogP contribution in [-0.4, -0.2) is 24.5 Å². The molecule has 1 heterocycles. The number of barbiturate groups is 1. The first-order valence-corrected chi connectivity index (χ1v) is 9.09. The number of allylic oxidation sites excluding steroid dienone is 1. The molecule has 152 valence electrons. The molecule has 4 amide bonds. The number of ether oxygens (including phenoxy) is 1. The van der Waals surface area contributed by atoms with Gasteiger partial charge >= 0.3 is 6.03 Å². The number of amides is 4. The van der Waals surface area contributed by atoms with Crippen molar-refractivity contribution in [3.05, 3.63) is 90.3 Å². The van der Waals surface area contributed by atoms with Crippen LogP contribution < -0.4 is 15.0 Å². The highest BCUT2D eigenvalue weighted by molar-refractivity contribution is 6.39. The minimum Gasteiger partial charge on any atom is -0.489 e. The fraction of sp³-hybridized carbons (Fsp3) is 0.0870. The summed E-state index contributed by atoms with van der Waals surface area (Å²) in [5.74, 6) is -1.48. The number of anilines is 1. The van der Waals surface area contributed by atoms with Crippen molar-refractivity contribution in [3.8, 4) is 5.75 Å². The van der Waals surface area contributed by atoms with Gasteiger partial charge < -0.3 is 4.74 Å². The maximum Gasteiger partial charge on any atom is 0.335 e. The summed E-state index contributed by atoms with van der Waals surface area (Å²) in [6.07, 6.45) is 5.24. The second kappa shape index (κ2) is 9.00. The molecule has 0 aliphatic carbocycles. The molecule has 7 heteroatoms. The smallest absolute Gasteiger partial charge is 0.335 e. The van der Waals surface area contributed by atoms with Gasteiger partial charge in [-0.25, -0.2) is 14.1 Å². The number of hydrogen-bond donors (Lipinski definition) is 1. The van der Waals surface area contributed by atoms with E-state index < -0.39 is 23.7 Å². The Bertz CT molecular complexity index is 1060. The molecule has 0 aromatic heterocycles. The van der Waals surface area contributed by atoms with Gasteiger partial charge in [0.1, 0.15) is 23.7 Å². The molecule has 0 radical (unpaired) electrons. The van der Waals surface area contributed by atoms with E-state index in [0.717, 1.165) is 22.6 Å². The third-order valence-corrected chi connectivity index (χ3v) is 4.30. The highest BCUT2D eigenvalue weighted by Crippen LogP contribution is 2.25. The second-order valence-corrected chi connectivity index (χ2v) is 6.39. The highest BCUT2D eigenvalue weighted by atomic mass is 19.1. The van der Waals surface area contributed by atoms with Crippen LogP contribution in [-0.2, 0) is 16.0 Å². The van der Waals surface area contributed by atoms with E-state index in [2.05, 4.69) is 18.5 Å². The molecule has 2 aromatic carbocycles. The molecule has 1 aliphatic rings. The lowest BCUT2D eigenvalue weighted by Crippen LogP contribution is -2.54. The van der Waals surface area contributed by atoms with Crippen molar-refractivity contribution >= 4 is 29.6 Å². The largest absolute Gasteiger partial charge is 0.489 e. The number of carbonyl (C=O) groups excluding carboxylic acids is 3. The van der Waals surface area contributed by atoms with E-state index in [4.69, 9.17) is 4.74 Å². The van der Waals surface area contributed by atoms with Crippen molar-refractivity contribution < 1.29 is 23.5 Å². The summed E-state index contributed by atoms with van der Waals surface area (Å²) in [6.45, 7) is 7.67.